The van der Waals surface area contributed by atoms with Crippen molar-refractivity contribution >= 4 is 22.9 Å². The maximum Gasteiger partial charge on any atom is 0.267 e. The molecule has 0 aliphatic carbocycles. The number of hydrogen-bond donors (Lipinski definition) is 2. The Labute approximate surface area is 160 Å². The molecule has 3 aromatic rings. The zero-order valence-electron chi connectivity index (χ0n) is 15.8. The van der Waals surface area contributed by atoms with E-state index >= 15 is 0 Å². The number of hydrogen-bond acceptors (Lipinski definition) is 4. The lowest BCUT2D eigenvalue weighted by atomic mass is 10.1. The molecule has 28 heavy (non-hydrogen) atoms. The zero-order chi connectivity index (χ0) is 20.4. The maximum absolute atomic E-state index is 13.5. The van der Waals surface area contributed by atoms with E-state index in [2.05, 4.69) is 4.98 Å². The first-order valence-corrected chi connectivity index (χ1v) is 8.80. The van der Waals surface area contributed by atoms with E-state index in [0.29, 0.717) is 40.0 Å². The van der Waals surface area contributed by atoms with Crippen LogP contribution in [0.15, 0.2) is 41.2 Å². The number of carbonyl (C=O) groups excluding carboxylic acids is 1. The lowest BCUT2D eigenvalue weighted by Crippen LogP contribution is -2.24. The molecule has 0 spiro atoms. The van der Waals surface area contributed by atoms with Gasteiger partial charge in [0.2, 0.25) is 0 Å². The number of aryl methyl sites for hydroxylation is 3. The minimum atomic E-state index is -0.670. The van der Waals surface area contributed by atoms with E-state index in [1.807, 2.05) is 19.9 Å². The molecule has 0 radical (unpaired) electrons. The van der Waals surface area contributed by atoms with Gasteiger partial charge in [0.15, 0.2) is 0 Å². The Kier molecular flexibility index (Phi) is 5.37. The molecule has 0 saturated carbocycles. The van der Waals surface area contributed by atoms with Gasteiger partial charge < -0.3 is 0 Å². The predicted octanol–water partition coefficient (Wildman–Crippen LogP) is 3.22. The van der Waals surface area contributed by atoms with Crippen molar-refractivity contribution in [1.82, 2.24) is 15.0 Å². The van der Waals surface area contributed by atoms with E-state index < -0.39 is 5.91 Å². The SMILES string of the molecule is CCc1nc2c(C)cc(/C=C/C(=O)NO)cc2c(=O)n1-c1ccc(F)cc1C. The molecular formula is C21H20FN3O3. The summed E-state index contributed by atoms with van der Waals surface area (Å²) in [6.07, 6.45) is 3.19. The fourth-order valence-corrected chi connectivity index (χ4v) is 3.20. The van der Waals surface area contributed by atoms with Crippen molar-refractivity contribution in [2.45, 2.75) is 27.2 Å². The summed E-state index contributed by atoms with van der Waals surface area (Å²) in [4.78, 5) is 29.2. The number of aromatic nitrogens is 2. The van der Waals surface area contributed by atoms with Crippen LogP contribution in [0.25, 0.3) is 22.7 Å². The van der Waals surface area contributed by atoms with Gasteiger partial charge >= 0.3 is 0 Å². The molecule has 2 N–H and O–H groups in total. The van der Waals surface area contributed by atoms with Gasteiger partial charge in [0.1, 0.15) is 11.6 Å². The molecule has 144 valence electrons. The zero-order valence-corrected chi connectivity index (χ0v) is 15.8. The number of nitrogens with zero attached hydrogens (tertiary/aromatic N) is 2. The second kappa shape index (κ2) is 7.74. The number of fused-ring (bicyclic) bond motifs is 1. The molecule has 1 heterocycles. The third-order valence-corrected chi connectivity index (χ3v) is 4.51. The molecule has 6 nitrogen and oxygen atoms in total. The summed E-state index contributed by atoms with van der Waals surface area (Å²) in [5.74, 6) is -0.457. The number of hydroxylamine groups is 1. The van der Waals surface area contributed by atoms with Crippen LogP contribution in [0.5, 0.6) is 0 Å². The highest BCUT2D eigenvalue weighted by atomic mass is 19.1. The Balaban J connectivity index is 2.30. The predicted molar refractivity (Wildman–Crippen MR) is 105 cm³/mol. The van der Waals surface area contributed by atoms with Crippen LogP contribution in [0.1, 0.15) is 29.4 Å². The third kappa shape index (κ3) is 3.57. The summed E-state index contributed by atoms with van der Waals surface area (Å²) in [6.45, 7) is 5.49. The first-order chi connectivity index (χ1) is 13.3. The molecule has 7 heteroatoms. The molecule has 0 saturated heterocycles. The smallest absolute Gasteiger partial charge is 0.267 e. The van der Waals surface area contributed by atoms with Crippen molar-refractivity contribution in [1.29, 1.82) is 0 Å². The summed E-state index contributed by atoms with van der Waals surface area (Å²) in [5.41, 5.74) is 4.46. The molecule has 1 aromatic heterocycles. The summed E-state index contributed by atoms with van der Waals surface area (Å²) in [7, 11) is 0. The first-order valence-electron chi connectivity index (χ1n) is 8.80. The topological polar surface area (TPSA) is 84.2 Å². The Morgan fingerprint density at radius 2 is 2.00 bits per heavy atom. The lowest BCUT2D eigenvalue weighted by Gasteiger charge is -2.16. The number of carbonyl (C=O) groups is 1. The van der Waals surface area contributed by atoms with Crippen molar-refractivity contribution in [3.05, 3.63) is 75.1 Å². The van der Waals surface area contributed by atoms with E-state index in [1.165, 1.54) is 28.3 Å². The quantitative estimate of drug-likeness (QED) is 0.413. The molecular weight excluding hydrogens is 361 g/mol. The largest absolute Gasteiger partial charge is 0.288 e. The molecule has 0 unspecified atom stereocenters. The standard InChI is InChI=1S/C21H20FN3O3/c1-4-18-23-20-13(3)9-14(5-8-19(26)24-28)11-16(20)21(27)25(18)17-7-6-15(22)10-12(17)2/h5-11,28H,4H2,1-3H3,(H,24,26)/b8-5+. The van der Waals surface area contributed by atoms with Crippen LogP contribution in [-0.2, 0) is 11.2 Å². The van der Waals surface area contributed by atoms with Crippen LogP contribution in [0.4, 0.5) is 4.39 Å². The van der Waals surface area contributed by atoms with Gasteiger partial charge in [-0.25, -0.2) is 14.9 Å². The van der Waals surface area contributed by atoms with E-state index in [1.54, 1.807) is 19.1 Å². The van der Waals surface area contributed by atoms with Gasteiger partial charge in [0.05, 0.1) is 16.6 Å². The minimum Gasteiger partial charge on any atom is -0.288 e. The normalized spacial score (nSPS) is 11.3. The number of amides is 1. The summed E-state index contributed by atoms with van der Waals surface area (Å²) >= 11 is 0. The van der Waals surface area contributed by atoms with Crippen LogP contribution in [-0.4, -0.2) is 20.7 Å². The van der Waals surface area contributed by atoms with Gasteiger partial charge in [-0.05, 0) is 66.9 Å². The lowest BCUT2D eigenvalue weighted by molar-refractivity contribution is -0.124. The van der Waals surface area contributed by atoms with Gasteiger partial charge in [0, 0.05) is 12.5 Å². The van der Waals surface area contributed by atoms with E-state index in [4.69, 9.17) is 5.21 Å². The summed E-state index contributed by atoms with van der Waals surface area (Å²) in [5, 5.41) is 9.00. The molecule has 0 fully saturated rings. The molecule has 1 amide bonds. The fraction of sp³-hybridized carbons (Fsp3) is 0.190. The first kappa shape index (κ1) is 19.4. The Morgan fingerprint density at radius 3 is 2.64 bits per heavy atom. The molecule has 0 bridgehead atoms. The monoisotopic (exact) mass is 381 g/mol. The van der Waals surface area contributed by atoms with Crippen molar-refractivity contribution in [2.24, 2.45) is 0 Å². The Hall–Kier alpha value is -3.32. The van der Waals surface area contributed by atoms with E-state index in [-0.39, 0.29) is 11.4 Å². The van der Waals surface area contributed by atoms with Crippen molar-refractivity contribution in [3.63, 3.8) is 0 Å². The highest BCUT2D eigenvalue weighted by Gasteiger charge is 2.15. The molecule has 0 aliphatic rings. The van der Waals surface area contributed by atoms with Crippen LogP contribution < -0.4 is 11.0 Å². The molecule has 0 aliphatic heterocycles. The highest BCUT2D eigenvalue weighted by molar-refractivity contribution is 5.92. The minimum absolute atomic E-state index is 0.262. The van der Waals surface area contributed by atoms with Crippen molar-refractivity contribution in [2.75, 3.05) is 0 Å². The number of benzene rings is 2. The second-order valence-corrected chi connectivity index (χ2v) is 6.50. The number of rotatable bonds is 4. The summed E-state index contributed by atoms with van der Waals surface area (Å²) < 4.78 is 15.0. The highest BCUT2D eigenvalue weighted by Crippen LogP contribution is 2.21. The third-order valence-electron chi connectivity index (χ3n) is 4.51. The average molecular weight is 381 g/mol. The summed E-state index contributed by atoms with van der Waals surface area (Å²) in [6, 6.07) is 7.72. The fourth-order valence-electron chi connectivity index (χ4n) is 3.20. The van der Waals surface area contributed by atoms with Gasteiger partial charge in [-0.1, -0.05) is 6.92 Å². The second-order valence-electron chi connectivity index (χ2n) is 6.50. The van der Waals surface area contributed by atoms with E-state index in [9.17, 15) is 14.0 Å². The van der Waals surface area contributed by atoms with Crippen molar-refractivity contribution < 1.29 is 14.4 Å². The van der Waals surface area contributed by atoms with Gasteiger partial charge in [-0.2, -0.15) is 0 Å². The van der Waals surface area contributed by atoms with Gasteiger partial charge in [-0.15, -0.1) is 0 Å². The Morgan fingerprint density at radius 1 is 1.25 bits per heavy atom. The van der Waals surface area contributed by atoms with Gasteiger partial charge in [0.25, 0.3) is 11.5 Å². The van der Waals surface area contributed by atoms with Crippen LogP contribution in [0.3, 0.4) is 0 Å². The molecule has 3 rings (SSSR count). The maximum atomic E-state index is 13.5. The number of nitrogens with one attached hydrogen (secondary N) is 1. The van der Waals surface area contributed by atoms with Crippen molar-refractivity contribution in [3.8, 4) is 5.69 Å². The van der Waals surface area contributed by atoms with E-state index in [0.717, 1.165) is 11.6 Å². The Bertz CT molecular complexity index is 1170. The van der Waals surface area contributed by atoms with Crippen LogP contribution >= 0.6 is 0 Å². The van der Waals surface area contributed by atoms with Gasteiger partial charge in [-0.3, -0.25) is 19.4 Å². The molecule has 0 atom stereocenters. The average Bonchev–Trinajstić information content (AvgIpc) is 2.67. The van der Waals surface area contributed by atoms with Crippen LogP contribution in [0.2, 0.25) is 0 Å². The molecule has 2 aromatic carbocycles. The number of halogens is 1. The van der Waals surface area contributed by atoms with Crippen LogP contribution in [0, 0.1) is 19.7 Å².